The monoisotopic (exact) mass is 300 g/mol. The van der Waals surface area contributed by atoms with E-state index in [9.17, 15) is 13.6 Å². The van der Waals surface area contributed by atoms with Crippen LogP contribution in [-0.2, 0) is 13.0 Å². The molecule has 0 saturated heterocycles. The molecule has 0 aliphatic rings. The smallest absolute Gasteiger partial charge is 0.169 e. The maximum Gasteiger partial charge on any atom is 0.169 e. The molecule has 0 aliphatic carbocycles. The van der Waals surface area contributed by atoms with Crippen LogP contribution in [0.15, 0.2) is 42.9 Å². The largest absolute Gasteiger partial charge is 0.347 e. The van der Waals surface area contributed by atoms with Gasteiger partial charge in [-0.3, -0.25) is 9.78 Å². The van der Waals surface area contributed by atoms with Crippen LogP contribution in [0, 0.1) is 11.6 Å². The van der Waals surface area contributed by atoms with E-state index in [4.69, 9.17) is 0 Å². The maximum atomic E-state index is 13.5. The molecule has 2 heterocycles. The highest BCUT2D eigenvalue weighted by molar-refractivity contribution is 6.08. The molecule has 1 aromatic carbocycles. The van der Waals surface area contributed by atoms with Crippen LogP contribution in [0.4, 0.5) is 8.78 Å². The normalized spacial score (nSPS) is 11.0. The van der Waals surface area contributed by atoms with Gasteiger partial charge in [0.05, 0.1) is 6.20 Å². The lowest BCUT2D eigenvalue weighted by Gasteiger charge is -2.00. The summed E-state index contributed by atoms with van der Waals surface area (Å²) in [6.45, 7) is 2.63. The molecule has 0 saturated carbocycles. The van der Waals surface area contributed by atoms with Gasteiger partial charge in [0.15, 0.2) is 5.78 Å². The van der Waals surface area contributed by atoms with Crippen molar-refractivity contribution >= 4 is 16.7 Å². The molecule has 3 nitrogen and oxygen atoms in total. The van der Waals surface area contributed by atoms with Gasteiger partial charge in [0.2, 0.25) is 0 Å². The third kappa shape index (κ3) is 2.62. The van der Waals surface area contributed by atoms with Gasteiger partial charge in [0.25, 0.3) is 0 Å². The molecule has 0 N–H and O–H groups in total. The van der Waals surface area contributed by atoms with E-state index >= 15 is 0 Å². The minimum atomic E-state index is -0.479. The molecular weight excluding hydrogens is 286 g/mol. The zero-order valence-electron chi connectivity index (χ0n) is 12.0. The molecular formula is C17H14F2N2O. The first-order chi connectivity index (χ1) is 10.6. The van der Waals surface area contributed by atoms with Crippen LogP contribution in [0.2, 0.25) is 0 Å². The van der Waals surface area contributed by atoms with Gasteiger partial charge < -0.3 is 4.57 Å². The lowest BCUT2D eigenvalue weighted by molar-refractivity contribution is 0.0994. The van der Waals surface area contributed by atoms with Gasteiger partial charge in [-0.15, -0.1) is 0 Å². The van der Waals surface area contributed by atoms with Gasteiger partial charge in [-0.05, 0) is 36.8 Å². The summed E-state index contributed by atoms with van der Waals surface area (Å²) in [5.74, 6) is -1.05. The topological polar surface area (TPSA) is 34.9 Å². The van der Waals surface area contributed by atoms with Gasteiger partial charge in [-0.2, -0.15) is 0 Å². The van der Waals surface area contributed by atoms with Crippen molar-refractivity contribution in [3.63, 3.8) is 0 Å². The van der Waals surface area contributed by atoms with E-state index in [1.54, 1.807) is 12.3 Å². The number of Topliss-reactive ketones (excluding diaryl/α,β-unsaturated/α-hetero) is 1. The lowest BCUT2D eigenvalue weighted by atomic mass is 10.0. The molecule has 0 radical (unpaired) electrons. The SMILES string of the molecule is CCn1cc(C(=O)Cc2cncc(F)c2)c2cc(F)ccc21. The number of ketones is 1. The van der Waals surface area contributed by atoms with E-state index < -0.39 is 5.82 Å². The summed E-state index contributed by atoms with van der Waals surface area (Å²) in [5.41, 5.74) is 1.75. The average Bonchev–Trinajstić information content (AvgIpc) is 2.85. The zero-order valence-corrected chi connectivity index (χ0v) is 12.0. The number of benzene rings is 1. The van der Waals surface area contributed by atoms with Crippen molar-refractivity contribution in [2.24, 2.45) is 0 Å². The molecule has 0 unspecified atom stereocenters. The Kier molecular flexibility index (Phi) is 3.71. The number of hydrogen-bond acceptors (Lipinski definition) is 2. The average molecular weight is 300 g/mol. The summed E-state index contributed by atoms with van der Waals surface area (Å²) in [6.07, 6.45) is 4.30. The predicted octanol–water partition coefficient (Wildman–Crippen LogP) is 3.76. The molecule has 3 rings (SSSR count). The van der Waals surface area contributed by atoms with Crippen LogP contribution >= 0.6 is 0 Å². The highest BCUT2D eigenvalue weighted by atomic mass is 19.1. The summed E-state index contributed by atoms with van der Waals surface area (Å²) in [4.78, 5) is 16.2. The van der Waals surface area contributed by atoms with Gasteiger partial charge in [-0.25, -0.2) is 8.78 Å². The Labute approximate surface area is 126 Å². The lowest BCUT2D eigenvalue weighted by Crippen LogP contribution is -2.04. The second kappa shape index (κ2) is 5.67. The maximum absolute atomic E-state index is 13.5. The van der Waals surface area contributed by atoms with Crippen molar-refractivity contribution < 1.29 is 13.6 Å². The fourth-order valence-electron chi connectivity index (χ4n) is 2.59. The Morgan fingerprint density at radius 2 is 2.00 bits per heavy atom. The second-order valence-corrected chi connectivity index (χ2v) is 5.10. The molecule has 5 heteroatoms. The Hall–Kier alpha value is -2.56. The number of carbonyl (C=O) groups is 1. The van der Waals surface area contributed by atoms with E-state index in [0.29, 0.717) is 23.1 Å². The summed E-state index contributed by atoms with van der Waals surface area (Å²) < 4.78 is 28.5. The van der Waals surface area contributed by atoms with Gasteiger partial charge in [-0.1, -0.05) is 0 Å². The number of hydrogen-bond donors (Lipinski definition) is 0. The molecule has 0 atom stereocenters. The zero-order chi connectivity index (χ0) is 15.7. The second-order valence-electron chi connectivity index (χ2n) is 5.10. The predicted molar refractivity (Wildman–Crippen MR) is 79.8 cm³/mol. The summed E-state index contributed by atoms with van der Waals surface area (Å²) >= 11 is 0. The highest BCUT2D eigenvalue weighted by Crippen LogP contribution is 2.24. The highest BCUT2D eigenvalue weighted by Gasteiger charge is 2.16. The van der Waals surface area contributed by atoms with Crippen LogP contribution in [-0.4, -0.2) is 15.3 Å². The Morgan fingerprint density at radius 1 is 1.18 bits per heavy atom. The number of aromatic nitrogens is 2. The summed E-state index contributed by atoms with van der Waals surface area (Å²) in [7, 11) is 0. The molecule has 0 amide bonds. The van der Waals surface area contributed by atoms with E-state index in [0.717, 1.165) is 11.7 Å². The molecule has 0 fully saturated rings. The first-order valence-corrected chi connectivity index (χ1v) is 6.99. The number of rotatable bonds is 4. The molecule has 0 spiro atoms. The molecule has 3 aromatic rings. The van der Waals surface area contributed by atoms with Crippen molar-refractivity contribution in [3.05, 3.63) is 65.6 Å². The van der Waals surface area contributed by atoms with Crippen LogP contribution in [0.25, 0.3) is 10.9 Å². The summed E-state index contributed by atoms with van der Waals surface area (Å²) in [5, 5.41) is 0.580. The summed E-state index contributed by atoms with van der Waals surface area (Å²) in [6, 6.07) is 5.68. The quantitative estimate of drug-likeness (QED) is 0.688. The van der Waals surface area contributed by atoms with Crippen LogP contribution in [0.5, 0.6) is 0 Å². The number of pyridine rings is 1. The van der Waals surface area contributed by atoms with Crippen molar-refractivity contribution in [3.8, 4) is 0 Å². The first kappa shape index (κ1) is 14.4. The molecule has 0 bridgehead atoms. The van der Waals surface area contributed by atoms with Gasteiger partial charge >= 0.3 is 0 Å². The van der Waals surface area contributed by atoms with Crippen molar-refractivity contribution in [2.45, 2.75) is 19.9 Å². The fraction of sp³-hybridized carbons (Fsp3) is 0.176. The third-order valence-electron chi connectivity index (χ3n) is 3.61. The standard InChI is InChI=1S/C17H14F2N2O/c1-2-21-10-15(14-7-12(18)3-4-16(14)21)17(22)6-11-5-13(19)9-20-8-11/h3-5,7-10H,2,6H2,1H3. The van der Waals surface area contributed by atoms with Crippen LogP contribution < -0.4 is 0 Å². The number of carbonyl (C=O) groups excluding carboxylic acids is 1. The van der Waals surface area contributed by atoms with E-state index in [2.05, 4.69) is 4.98 Å². The van der Waals surface area contributed by atoms with Gasteiger partial charge in [0.1, 0.15) is 11.6 Å². The first-order valence-electron chi connectivity index (χ1n) is 6.99. The van der Waals surface area contributed by atoms with Crippen molar-refractivity contribution in [2.75, 3.05) is 0 Å². The molecule has 112 valence electrons. The van der Waals surface area contributed by atoms with E-state index in [1.807, 2.05) is 11.5 Å². The number of nitrogens with zero attached hydrogens (tertiary/aromatic N) is 2. The Morgan fingerprint density at radius 3 is 2.73 bits per heavy atom. The van der Waals surface area contributed by atoms with Crippen molar-refractivity contribution in [1.82, 2.24) is 9.55 Å². The molecule has 0 aliphatic heterocycles. The van der Waals surface area contributed by atoms with E-state index in [-0.39, 0.29) is 18.0 Å². The number of halogens is 2. The molecule has 2 aromatic heterocycles. The number of fused-ring (bicyclic) bond motifs is 1. The number of aryl methyl sites for hydroxylation is 1. The fourth-order valence-corrected chi connectivity index (χ4v) is 2.59. The van der Waals surface area contributed by atoms with Crippen LogP contribution in [0.1, 0.15) is 22.8 Å². The minimum Gasteiger partial charge on any atom is -0.347 e. The van der Waals surface area contributed by atoms with E-state index in [1.165, 1.54) is 24.4 Å². The molecule has 22 heavy (non-hydrogen) atoms. The van der Waals surface area contributed by atoms with Gasteiger partial charge in [0, 0.05) is 41.8 Å². The van der Waals surface area contributed by atoms with Crippen molar-refractivity contribution in [1.29, 1.82) is 0 Å². The Bertz CT molecular complexity index is 855. The third-order valence-corrected chi connectivity index (χ3v) is 3.61. The minimum absolute atomic E-state index is 0.0318. The Balaban J connectivity index is 2.02. The van der Waals surface area contributed by atoms with Crippen LogP contribution in [0.3, 0.4) is 0 Å².